The Kier molecular flexibility index (Phi) is 5.75. The zero-order chi connectivity index (χ0) is 19.4. The minimum absolute atomic E-state index is 0.119. The van der Waals surface area contributed by atoms with Crippen molar-refractivity contribution in [2.75, 3.05) is 5.84 Å². The number of rotatable bonds is 6. The maximum absolute atomic E-state index is 13.1. The van der Waals surface area contributed by atoms with Gasteiger partial charge in [0, 0.05) is 12.1 Å². The largest absolute Gasteiger partial charge is 0.351 e. The molecule has 0 bridgehead atoms. The molecule has 2 aromatic carbocycles. The molecule has 3 N–H and O–H groups in total. The third-order valence-electron chi connectivity index (χ3n) is 4.01. The normalized spacial score (nSPS) is 12.0. The fourth-order valence-corrected chi connectivity index (χ4v) is 3.20. The maximum Gasteiger partial charge on any atom is 0.233 e. The number of nitrogens with zero attached hydrogens (tertiary/aromatic N) is 3. The van der Waals surface area contributed by atoms with Gasteiger partial charge in [-0.3, -0.25) is 4.79 Å². The molecule has 0 spiro atoms. The third kappa shape index (κ3) is 4.65. The Morgan fingerprint density at radius 3 is 2.52 bits per heavy atom. The molecule has 1 heterocycles. The Morgan fingerprint density at radius 2 is 1.85 bits per heavy atom. The highest BCUT2D eigenvalue weighted by Gasteiger charge is 2.19. The van der Waals surface area contributed by atoms with Crippen molar-refractivity contribution in [3.05, 3.63) is 65.5 Å². The van der Waals surface area contributed by atoms with Gasteiger partial charge in [-0.1, -0.05) is 41.6 Å². The number of aryl methyl sites for hydroxylation is 1. The predicted octanol–water partition coefficient (Wildman–Crippen LogP) is 2.90. The average molecular weight is 385 g/mol. The highest BCUT2D eigenvalue weighted by atomic mass is 32.2. The molecule has 3 rings (SSSR count). The molecule has 8 heteroatoms. The van der Waals surface area contributed by atoms with Gasteiger partial charge in [0.15, 0.2) is 5.82 Å². The summed E-state index contributed by atoms with van der Waals surface area (Å²) in [5, 5.41) is 11.0. The van der Waals surface area contributed by atoms with Crippen LogP contribution in [0.4, 0.5) is 4.39 Å². The van der Waals surface area contributed by atoms with Gasteiger partial charge in [-0.15, -0.1) is 10.2 Å². The van der Waals surface area contributed by atoms with Crippen molar-refractivity contribution < 1.29 is 9.18 Å². The smallest absolute Gasteiger partial charge is 0.233 e. The molecule has 0 saturated heterocycles. The summed E-state index contributed by atoms with van der Waals surface area (Å²) in [6, 6.07) is 13.8. The molecule has 27 heavy (non-hydrogen) atoms. The van der Waals surface area contributed by atoms with Crippen LogP contribution in [0.3, 0.4) is 0 Å². The van der Waals surface area contributed by atoms with Crippen molar-refractivity contribution in [3.63, 3.8) is 0 Å². The van der Waals surface area contributed by atoms with Gasteiger partial charge < -0.3 is 11.2 Å². The molecular formula is C19H20FN5OS. The summed E-state index contributed by atoms with van der Waals surface area (Å²) in [4.78, 5) is 12.3. The number of amides is 1. The van der Waals surface area contributed by atoms with E-state index in [9.17, 15) is 9.18 Å². The number of aromatic nitrogens is 3. The van der Waals surface area contributed by atoms with E-state index in [0.717, 1.165) is 5.56 Å². The van der Waals surface area contributed by atoms with Crippen LogP contribution in [0.1, 0.15) is 18.1 Å². The van der Waals surface area contributed by atoms with Crippen LogP contribution in [-0.4, -0.2) is 26.0 Å². The number of thioether (sulfide) groups is 1. The quantitative estimate of drug-likeness (QED) is 0.503. The predicted molar refractivity (Wildman–Crippen MR) is 104 cm³/mol. The molecule has 1 amide bonds. The van der Waals surface area contributed by atoms with Gasteiger partial charge in [0.1, 0.15) is 5.82 Å². The van der Waals surface area contributed by atoms with E-state index < -0.39 is 5.25 Å². The summed E-state index contributed by atoms with van der Waals surface area (Å²) < 4.78 is 14.4. The molecule has 0 saturated carbocycles. The van der Waals surface area contributed by atoms with Crippen LogP contribution >= 0.6 is 11.8 Å². The number of nitrogens with one attached hydrogen (secondary N) is 1. The molecule has 0 unspecified atom stereocenters. The zero-order valence-electron chi connectivity index (χ0n) is 15.0. The standard InChI is InChI=1S/C19H20FN5OS/c1-12-3-5-14(6-4-12)11-22-18(26)13(2)27-19-24-23-17(25(19)21)15-7-9-16(20)10-8-15/h3-10,13H,11,21H2,1-2H3,(H,22,26)/t13-/m0/s1. The maximum atomic E-state index is 13.1. The Balaban J connectivity index is 1.61. The summed E-state index contributed by atoms with van der Waals surface area (Å²) in [5.41, 5.74) is 2.86. The Bertz CT molecular complexity index is 924. The van der Waals surface area contributed by atoms with E-state index in [0.29, 0.717) is 23.1 Å². The Hall–Kier alpha value is -2.87. The number of halogens is 1. The molecule has 0 aliphatic carbocycles. The third-order valence-corrected chi connectivity index (χ3v) is 5.06. The minimum Gasteiger partial charge on any atom is -0.351 e. The molecule has 0 aliphatic heterocycles. The average Bonchev–Trinajstić information content (AvgIpc) is 3.02. The lowest BCUT2D eigenvalue weighted by Crippen LogP contribution is -2.30. The van der Waals surface area contributed by atoms with Gasteiger partial charge in [0.2, 0.25) is 11.1 Å². The van der Waals surface area contributed by atoms with Crippen LogP contribution in [0, 0.1) is 12.7 Å². The van der Waals surface area contributed by atoms with Crippen LogP contribution < -0.4 is 11.2 Å². The molecule has 6 nitrogen and oxygen atoms in total. The topological polar surface area (TPSA) is 85.8 Å². The van der Waals surface area contributed by atoms with Crippen molar-refractivity contribution in [3.8, 4) is 11.4 Å². The number of benzene rings is 2. The molecule has 0 fully saturated rings. The van der Waals surface area contributed by atoms with Crippen LogP contribution in [0.2, 0.25) is 0 Å². The van der Waals surface area contributed by atoms with E-state index in [-0.39, 0.29) is 11.7 Å². The first-order chi connectivity index (χ1) is 12.9. The van der Waals surface area contributed by atoms with Crippen LogP contribution in [0.25, 0.3) is 11.4 Å². The summed E-state index contributed by atoms with van der Waals surface area (Å²) in [6.07, 6.45) is 0. The van der Waals surface area contributed by atoms with Gasteiger partial charge in [-0.05, 0) is 43.7 Å². The van der Waals surface area contributed by atoms with Gasteiger partial charge in [-0.25, -0.2) is 9.07 Å². The molecule has 3 aromatic rings. The van der Waals surface area contributed by atoms with Gasteiger partial charge in [0.25, 0.3) is 0 Å². The minimum atomic E-state index is -0.400. The van der Waals surface area contributed by atoms with Crippen molar-refractivity contribution in [2.45, 2.75) is 30.8 Å². The fourth-order valence-electron chi connectivity index (χ4n) is 2.40. The van der Waals surface area contributed by atoms with Crippen molar-refractivity contribution in [1.82, 2.24) is 20.2 Å². The van der Waals surface area contributed by atoms with Gasteiger partial charge in [-0.2, -0.15) is 0 Å². The van der Waals surface area contributed by atoms with Crippen molar-refractivity contribution in [2.24, 2.45) is 0 Å². The second-order valence-electron chi connectivity index (χ2n) is 6.15. The number of nitrogen functional groups attached to an aromatic ring is 1. The lowest BCUT2D eigenvalue weighted by atomic mass is 10.1. The van der Waals surface area contributed by atoms with E-state index in [4.69, 9.17) is 5.84 Å². The highest BCUT2D eigenvalue weighted by molar-refractivity contribution is 8.00. The monoisotopic (exact) mass is 385 g/mol. The van der Waals surface area contributed by atoms with Gasteiger partial charge >= 0.3 is 0 Å². The number of hydrogen-bond acceptors (Lipinski definition) is 5. The molecular weight excluding hydrogens is 365 g/mol. The first kappa shape index (κ1) is 18.9. The number of nitrogens with two attached hydrogens (primary N) is 1. The summed E-state index contributed by atoms with van der Waals surface area (Å²) >= 11 is 1.21. The Morgan fingerprint density at radius 1 is 1.19 bits per heavy atom. The number of carbonyl (C=O) groups excluding carboxylic acids is 1. The van der Waals surface area contributed by atoms with E-state index >= 15 is 0 Å². The van der Waals surface area contributed by atoms with Crippen molar-refractivity contribution >= 4 is 17.7 Å². The second-order valence-corrected chi connectivity index (χ2v) is 7.45. The van der Waals surface area contributed by atoms with E-state index in [1.54, 1.807) is 19.1 Å². The molecule has 0 aliphatic rings. The second kappa shape index (κ2) is 8.22. The highest BCUT2D eigenvalue weighted by Crippen LogP contribution is 2.25. The summed E-state index contributed by atoms with van der Waals surface area (Å²) in [5.74, 6) is 6.00. The lowest BCUT2D eigenvalue weighted by Gasteiger charge is -2.11. The molecule has 1 atom stereocenters. The SMILES string of the molecule is Cc1ccc(CNC(=O)[C@H](C)Sc2nnc(-c3ccc(F)cc3)n2N)cc1. The lowest BCUT2D eigenvalue weighted by molar-refractivity contribution is -0.120. The molecule has 0 radical (unpaired) electrons. The fraction of sp³-hybridized carbons (Fsp3) is 0.211. The van der Waals surface area contributed by atoms with E-state index in [1.807, 2.05) is 31.2 Å². The van der Waals surface area contributed by atoms with Crippen LogP contribution in [0.15, 0.2) is 53.7 Å². The Labute approximate surface area is 161 Å². The van der Waals surface area contributed by atoms with Crippen LogP contribution in [-0.2, 0) is 11.3 Å². The summed E-state index contributed by atoms with van der Waals surface area (Å²) in [6.45, 7) is 4.26. The van der Waals surface area contributed by atoms with E-state index in [1.165, 1.54) is 34.1 Å². The number of hydrogen-bond donors (Lipinski definition) is 2. The number of carbonyl (C=O) groups is 1. The van der Waals surface area contributed by atoms with Gasteiger partial charge in [0.05, 0.1) is 5.25 Å². The zero-order valence-corrected chi connectivity index (χ0v) is 15.8. The van der Waals surface area contributed by atoms with Crippen LogP contribution in [0.5, 0.6) is 0 Å². The first-order valence-electron chi connectivity index (χ1n) is 8.40. The molecule has 140 valence electrons. The first-order valence-corrected chi connectivity index (χ1v) is 9.28. The van der Waals surface area contributed by atoms with Crippen molar-refractivity contribution in [1.29, 1.82) is 0 Å². The van der Waals surface area contributed by atoms with E-state index in [2.05, 4.69) is 15.5 Å². The molecule has 1 aromatic heterocycles. The summed E-state index contributed by atoms with van der Waals surface area (Å²) in [7, 11) is 0.